The third-order valence-corrected chi connectivity index (χ3v) is 6.41. The van der Waals surface area contributed by atoms with Crippen molar-refractivity contribution in [2.75, 3.05) is 20.0 Å². The summed E-state index contributed by atoms with van der Waals surface area (Å²) in [5.41, 5.74) is 0. The zero-order valence-electron chi connectivity index (χ0n) is 11.6. The quantitative estimate of drug-likeness (QED) is 0.743. The molecule has 7 heteroatoms. The summed E-state index contributed by atoms with van der Waals surface area (Å²) in [4.78, 5) is 20.8. The van der Waals surface area contributed by atoms with Crippen molar-refractivity contribution < 1.29 is 14.3 Å². The Balaban J connectivity index is 1.67. The Bertz CT molecular complexity index is 467. The van der Waals surface area contributed by atoms with E-state index in [9.17, 15) is 4.79 Å². The third-order valence-electron chi connectivity index (χ3n) is 3.90. The van der Waals surface area contributed by atoms with Gasteiger partial charge in [-0.3, -0.25) is 9.98 Å². The first kappa shape index (κ1) is 14.4. The van der Waals surface area contributed by atoms with E-state index in [1.54, 1.807) is 30.6 Å². The predicted octanol–water partition coefficient (Wildman–Crippen LogP) is 1.75. The van der Waals surface area contributed by atoms with Gasteiger partial charge in [0, 0.05) is 18.1 Å². The highest BCUT2D eigenvalue weighted by Crippen LogP contribution is 2.40. The molecule has 3 aliphatic rings. The van der Waals surface area contributed by atoms with Crippen molar-refractivity contribution in [3.05, 3.63) is 0 Å². The second kappa shape index (κ2) is 6.07. The van der Waals surface area contributed by atoms with Crippen LogP contribution in [0.2, 0.25) is 0 Å². The molecule has 0 saturated heterocycles. The molecule has 0 aromatic rings. The predicted molar refractivity (Wildman–Crippen MR) is 82.9 cm³/mol. The molecule has 4 atom stereocenters. The van der Waals surface area contributed by atoms with Crippen molar-refractivity contribution in [3.8, 4) is 0 Å². The molecule has 110 valence electrons. The van der Waals surface area contributed by atoms with Crippen molar-refractivity contribution >= 4 is 39.6 Å². The van der Waals surface area contributed by atoms with Gasteiger partial charge in [0.15, 0.2) is 6.04 Å². The Labute approximate surface area is 127 Å². The number of aliphatic imine (C=N–C) groups is 2. The minimum absolute atomic E-state index is 0.257. The summed E-state index contributed by atoms with van der Waals surface area (Å²) in [5, 5.41) is 2.42. The number of carbonyl (C=O) groups is 1. The maximum absolute atomic E-state index is 11.5. The topological polar surface area (TPSA) is 60.2 Å². The van der Waals surface area contributed by atoms with Crippen LogP contribution in [0.5, 0.6) is 0 Å². The smallest absolute Gasteiger partial charge is 0.331 e. The molecule has 2 aliphatic heterocycles. The molecule has 0 amide bonds. The van der Waals surface area contributed by atoms with Gasteiger partial charge in [-0.25, -0.2) is 4.79 Å². The summed E-state index contributed by atoms with van der Waals surface area (Å²) in [7, 11) is 3.19. The van der Waals surface area contributed by atoms with E-state index < -0.39 is 0 Å². The Morgan fingerprint density at radius 3 is 2.85 bits per heavy atom. The lowest BCUT2D eigenvalue weighted by atomic mass is 9.93. The fraction of sp³-hybridized carbons (Fsp3) is 0.769. The van der Waals surface area contributed by atoms with Crippen LogP contribution in [-0.4, -0.2) is 59.5 Å². The van der Waals surface area contributed by atoms with Crippen LogP contribution in [0.15, 0.2) is 9.98 Å². The van der Waals surface area contributed by atoms with Gasteiger partial charge in [-0.2, -0.15) is 0 Å². The van der Waals surface area contributed by atoms with E-state index in [0.29, 0.717) is 23.1 Å². The lowest BCUT2D eigenvalue weighted by molar-refractivity contribution is -0.141. The summed E-state index contributed by atoms with van der Waals surface area (Å²) in [5.74, 6) is 0.408. The van der Waals surface area contributed by atoms with Crippen molar-refractivity contribution in [1.29, 1.82) is 0 Å². The second-order valence-corrected chi connectivity index (χ2v) is 7.35. The summed E-state index contributed by atoms with van der Waals surface area (Å²) in [6.45, 7) is 0. The van der Waals surface area contributed by atoms with Gasteiger partial charge in [-0.1, -0.05) is 11.8 Å². The first-order valence-electron chi connectivity index (χ1n) is 6.77. The van der Waals surface area contributed by atoms with E-state index in [-0.39, 0.29) is 12.0 Å². The Kier molecular flexibility index (Phi) is 4.37. The molecule has 20 heavy (non-hydrogen) atoms. The number of thioether (sulfide) groups is 2. The average molecular weight is 314 g/mol. The highest BCUT2D eigenvalue weighted by Gasteiger charge is 2.39. The molecule has 1 fully saturated rings. The number of hydrogen-bond acceptors (Lipinski definition) is 7. The maximum Gasteiger partial charge on any atom is 0.331 e. The molecule has 2 heterocycles. The van der Waals surface area contributed by atoms with Gasteiger partial charge in [0.05, 0.1) is 19.3 Å². The Morgan fingerprint density at radius 2 is 2.10 bits per heavy atom. The minimum Gasteiger partial charge on any atom is -0.467 e. The van der Waals surface area contributed by atoms with Gasteiger partial charge in [-0.05, 0) is 19.3 Å². The van der Waals surface area contributed by atoms with Gasteiger partial charge in [-0.15, -0.1) is 11.8 Å². The zero-order valence-corrected chi connectivity index (χ0v) is 13.2. The van der Waals surface area contributed by atoms with E-state index in [0.717, 1.165) is 29.3 Å². The normalized spacial score (nSPS) is 36.3. The number of rotatable bonds is 3. The highest BCUT2D eigenvalue weighted by atomic mass is 32.2. The molecule has 5 nitrogen and oxygen atoms in total. The van der Waals surface area contributed by atoms with Crippen molar-refractivity contribution in [3.63, 3.8) is 0 Å². The fourth-order valence-corrected chi connectivity index (χ4v) is 5.27. The zero-order chi connectivity index (χ0) is 14.1. The Morgan fingerprint density at radius 1 is 1.25 bits per heavy atom. The average Bonchev–Trinajstić information content (AvgIpc) is 3.11. The van der Waals surface area contributed by atoms with Gasteiger partial charge in [0.1, 0.15) is 10.1 Å². The van der Waals surface area contributed by atoms with Crippen LogP contribution >= 0.6 is 23.5 Å². The summed E-state index contributed by atoms with van der Waals surface area (Å²) in [6, 6.07) is 0.0273. The van der Waals surface area contributed by atoms with Crippen LogP contribution in [0.1, 0.15) is 19.3 Å². The maximum atomic E-state index is 11.5. The molecule has 1 aliphatic carbocycles. The first-order chi connectivity index (χ1) is 9.71. The molecule has 0 bridgehead atoms. The molecular weight excluding hydrogens is 296 g/mol. The summed E-state index contributed by atoms with van der Waals surface area (Å²) < 4.78 is 10.2. The van der Waals surface area contributed by atoms with Crippen LogP contribution in [-0.2, 0) is 14.3 Å². The van der Waals surface area contributed by atoms with Crippen molar-refractivity contribution in [2.24, 2.45) is 9.98 Å². The standard InChI is InChI=1S/C13H18N2O3S2/c1-17-7-3-4-8-10(5-7)20-12(14-8)11-15-9(6-19-11)13(16)18-2/h7-10H,3-6H2,1-2H3. The SMILES string of the molecule is COC(=O)C1CSC(C2=NC3CCC(OC)CC3S2)=N1. The van der Waals surface area contributed by atoms with Crippen LogP contribution in [0, 0.1) is 0 Å². The minimum atomic E-state index is -0.363. The molecule has 0 radical (unpaired) electrons. The van der Waals surface area contributed by atoms with Gasteiger partial charge >= 0.3 is 5.97 Å². The number of carbonyl (C=O) groups excluding carboxylic acids is 1. The van der Waals surface area contributed by atoms with Gasteiger partial charge in [0.2, 0.25) is 0 Å². The fourth-order valence-electron chi connectivity index (χ4n) is 2.74. The van der Waals surface area contributed by atoms with Crippen molar-refractivity contribution in [1.82, 2.24) is 0 Å². The highest BCUT2D eigenvalue weighted by molar-refractivity contribution is 8.25. The number of ether oxygens (including phenoxy) is 2. The van der Waals surface area contributed by atoms with Crippen molar-refractivity contribution in [2.45, 2.75) is 42.7 Å². The lowest BCUT2D eigenvalue weighted by Gasteiger charge is -2.28. The third kappa shape index (κ3) is 2.76. The van der Waals surface area contributed by atoms with Crippen LogP contribution in [0.25, 0.3) is 0 Å². The molecule has 0 aromatic carbocycles. The first-order valence-corrected chi connectivity index (χ1v) is 8.64. The largest absolute Gasteiger partial charge is 0.467 e. The number of methoxy groups -OCH3 is 2. The van der Waals surface area contributed by atoms with Crippen LogP contribution in [0.3, 0.4) is 0 Å². The molecule has 1 saturated carbocycles. The molecular formula is C13H18N2O3S2. The molecule has 0 aromatic heterocycles. The van der Waals surface area contributed by atoms with E-state index in [2.05, 4.69) is 4.99 Å². The van der Waals surface area contributed by atoms with E-state index in [1.807, 2.05) is 0 Å². The number of esters is 1. The molecule has 0 spiro atoms. The summed E-state index contributed by atoms with van der Waals surface area (Å²) >= 11 is 3.41. The van der Waals surface area contributed by atoms with Gasteiger partial charge in [0.25, 0.3) is 0 Å². The monoisotopic (exact) mass is 314 g/mol. The Hall–Kier alpha value is -0.530. The van der Waals surface area contributed by atoms with Crippen LogP contribution < -0.4 is 0 Å². The van der Waals surface area contributed by atoms with Gasteiger partial charge < -0.3 is 9.47 Å². The van der Waals surface area contributed by atoms with E-state index in [1.165, 1.54) is 7.11 Å². The molecule has 3 rings (SSSR count). The molecule has 4 unspecified atom stereocenters. The summed E-state index contributed by atoms with van der Waals surface area (Å²) in [6.07, 6.45) is 3.58. The second-order valence-electron chi connectivity index (χ2n) is 5.11. The van der Waals surface area contributed by atoms with E-state index in [4.69, 9.17) is 14.5 Å². The number of nitrogens with zero attached hydrogens (tertiary/aromatic N) is 2. The van der Waals surface area contributed by atoms with Crippen LogP contribution in [0.4, 0.5) is 0 Å². The van der Waals surface area contributed by atoms with E-state index >= 15 is 0 Å². The molecule has 0 N–H and O–H groups in total. The number of fused-ring (bicyclic) bond motifs is 1. The lowest BCUT2D eigenvalue weighted by Crippen LogP contribution is -2.31. The number of hydrogen-bond donors (Lipinski definition) is 0.